The van der Waals surface area contributed by atoms with Gasteiger partial charge >= 0.3 is 0 Å². The van der Waals surface area contributed by atoms with Crippen molar-refractivity contribution in [2.24, 2.45) is 17.7 Å². The number of rotatable bonds is 5. The second kappa shape index (κ2) is 6.90. The zero-order chi connectivity index (χ0) is 13.0. The summed E-state index contributed by atoms with van der Waals surface area (Å²) in [5.74, 6) is 7.36. The Bertz CT molecular complexity index is 358. The molecule has 1 fully saturated rings. The van der Waals surface area contributed by atoms with Gasteiger partial charge in [0.2, 0.25) is 0 Å². The van der Waals surface area contributed by atoms with E-state index in [1.54, 1.807) is 11.3 Å². The molecule has 1 heterocycles. The lowest BCUT2D eigenvalue weighted by Crippen LogP contribution is -2.34. The normalized spacial score (nSPS) is 26.2. The van der Waals surface area contributed by atoms with E-state index in [1.807, 2.05) is 6.07 Å². The fourth-order valence-corrected chi connectivity index (χ4v) is 4.38. The van der Waals surface area contributed by atoms with Gasteiger partial charge in [-0.1, -0.05) is 44.2 Å². The maximum Gasteiger partial charge on any atom is 0.0931 e. The lowest BCUT2D eigenvalue weighted by molar-refractivity contribution is 0.217. The minimum Gasteiger partial charge on any atom is -0.271 e. The molecule has 1 atom stereocenters. The molecule has 0 aliphatic heterocycles. The van der Waals surface area contributed by atoms with Crippen LogP contribution in [0.4, 0.5) is 0 Å². The molecule has 1 aromatic rings. The summed E-state index contributed by atoms with van der Waals surface area (Å²) in [5, 5.41) is 0. The number of nitrogens with one attached hydrogen (secondary N) is 1. The molecule has 0 bridgehead atoms. The minimum absolute atomic E-state index is 0.282. The van der Waals surface area contributed by atoms with E-state index in [0.717, 1.165) is 10.3 Å². The highest BCUT2D eigenvalue weighted by atomic mass is 35.5. The Balaban J connectivity index is 1.94. The highest BCUT2D eigenvalue weighted by Gasteiger charge is 2.28. The molecule has 0 radical (unpaired) electrons. The van der Waals surface area contributed by atoms with Crippen molar-refractivity contribution in [3.8, 4) is 0 Å². The third-order valence-electron chi connectivity index (χ3n) is 4.14. The van der Waals surface area contributed by atoms with Gasteiger partial charge in [0, 0.05) is 4.88 Å². The van der Waals surface area contributed by atoms with Gasteiger partial charge in [-0.2, -0.15) is 0 Å². The van der Waals surface area contributed by atoms with Crippen LogP contribution in [0.1, 0.15) is 56.4 Å². The van der Waals surface area contributed by atoms with Crippen LogP contribution in [0.5, 0.6) is 0 Å². The van der Waals surface area contributed by atoms with Crippen molar-refractivity contribution < 1.29 is 0 Å². The fourth-order valence-electron chi connectivity index (χ4n) is 3.16. The molecular weight excluding hydrogens is 264 g/mol. The SMILES string of the molecule is CCCC1CCC(C(NN)c2ccc(Cl)s2)CC1. The van der Waals surface area contributed by atoms with Gasteiger partial charge in [-0.25, -0.2) is 0 Å². The van der Waals surface area contributed by atoms with Crippen molar-refractivity contribution in [3.63, 3.8) is 0 Å². The molecule has 102 valence electrons. The number of nitrogens with two attached hydrogens (primary N) is 1. The first-order valence-electron chi connectivity index (χ1n) is 6.96. The number of hydrogen-bond acceptors (Lipinski definition) is 3. The van der Waals surface area contributed by atoms with Crippen LogP contribution < -0.4 is 11.3 Å². The Labute approximate surface area is 119 Å². The number of halogens is 1. The van der Waals surface area contributed by atoms with Crippen LogP contribution in [-0.4, -0.2) is 0 Å². The molecule has 1 aromatic heterocycles. The molecule has 2 nitrogen and oxygen atoms in total. The standard InChI is InChI=1S/C14H23ClN2S/c1-2-3-10-4-6-11(7-5-10)14(17-16)12-8-9-13(15)18-12/h8-11,14,17H,2-7,16H2,1H3. The quantitative estimate of drug-likeness (QED) is 0.617. The molecule has 0 spiro atoms. The molecule has 1 aliphatic carbocycles. The lowest BCUT2D eigenvalue weighted by atomic mass is 9.77. The van der Waals surface area contributed by atoms with E-state index in [9.17, 15) is 0 Å². The van der Waals surface area contributed by atoms with E-state index in [1.165, 1.54) is 43.4 Å². The third-order valence-corrected chi connectivity index (χ3v) is 5.45. The number of thiophene rings is 1. The maximum atomic E-state index is 6.01. The Morgan fingerprint density at radius 3 is 2.61 bits per heavy atom. The van der Waals surface area contributed by atoms with Crippen molar-refractivity contribution in [2.75, 3.05) is 0 Å². The Morgan fingerprint density at radius 1 is 1.39 bits per heavy atom. The van der Waals surface area contributed by atoms with Crippen LogP contribution in [0, 0.1) is 11.8 Å². The zero-order valence-corrected chi connectivity index (χ0v) is 12.6. The van der Waals surface area contributed by atoms with Crippen molar-refractivity contribution in [2.45, 2.75) is 51.5 Å². The van der Waals surface area contributed by atoms with Crippen LogP contribution in [-0.2, 0) is 0 Å². The maximum absolute atomic E-state index is 6.01. The summed E-state index contributed by atoms with van der Waals surface area (Å²) in [4.78, 5) is 1.28. The van der Waals surface area contributed by atoms with Crippen LogP contribution in [0.25, 0.3) is 0 Å². The van der Waals surface area contributed by atoms with E-state index in [4.69, 9.17) is 17.4 Å². The van der Waals surface area contributed by atoms with Crippen LogP contribution in [0.3, 0.4) is 0 Å². The topological polar surface area (TPSA) is 38.0 Å². The lowest BCUT2D eigenvalue weighted by Gasteiger charge is -2.33. The van der Waals surface area contributed by atoms with Gasteiger partial charge in [0.1, 0.15) is 0 Å². The van der Waals surface area contributed by atoms with Gasteiger partial charge in [0.15, 0.2) is 0 Å². The highest BCUT2D eigenvalue weighted by Crippen LogP contribution is 2.40. The smallest absolute Gasteiger partial charge is 0.0931 e. The van der Waals surface area contributed by atoms with Gasteiger partial charge in [-0.3, -0.25) is 11.3 Å². The van der Waals surface area contributed by atoms with E-state index >= 15 is 0 Å². The molecule has 4 heteroatoms. The van der Waals surface area contributed by atoms with E-state index in [-0.39, 0.29) is 6.04 Å². The summed E-state index contributed by atoms with van der Waals surface area (Å²) in [6.45, 7) is 2.28. The molecular formula is C14H23ClN2S. The zero-order valence-electron chi connectivity index (χ0n) is 11.0. The minimum atomic E-state index is 0.282. The predicted molar refractivity (Wildman–Crippen MR) is 79.7 cm³/mol. The van der Waals surface area contributed by atoms with Crippen molar-refractivity contribution in [3.05, 3.63) is 21.3 Å². The molecule has 0 amide bonds. The average molecular weight is 287 g/mol. The molecule has 1 unspecified atom stereocenters. The Hall–Kier alpha value is -0.0900. The number of hydrogen-bond donors (Lipinski definition) is 2. The predicted octanol–water partition coefficient (Wildman–Crippen LogP) is 4.51. The van der Waals surface area contributed by atoms with Gasteiger partial charge in [-0.15, -0.1) is 11.3 Å². The highest BCUT2D eigenvalue weighted by molar-refractivity contribution is 7.16. The van der Waals surface area contributed by atoms with E-state index < -0.39 is 0 Å². The Morgan fingerprint density at radius 2 is 2.11 bits per heavy atom. The van der Waals surface area contributed by atoms with E-state index in [0.29, 0.717) is 5.92 Å². The largest absolute Gasteiger partial charge is 0.271 e. The van der Waals surface area contributed by atoms with Gasteiger partial charge < -0.3 is 0 Å². The first-order valence-corrected chi connectivity index (χ1v) is 8.15. The van der Waals surface area contributed by atoms with Gasteiger partial charge in [0.05, 0.1) is 10.4 Å². The molecule has 3 N–H and O–H groups in total. The van der Waals surface area contributed by atoms with Crippen LogP contribution in [0.2, 0.25) is 4.34 Å². The van der Waals surface area contributed by atoms with Crippen molar-refractivity contribution in [1.82, 2.24) is 5.43 Å². The molecule has 0 saturated heterocycles. The summed E-state index contributed by atoms with van der Waals surface area (Å²) in [6.07, 6.45) is 7.99. The first-order chi connectivity index (χ1) is 8.74. The average Bonchev–Trinajstić information content (AvgIpc) is 2.79. The first kappa shape index (κ1) is 14.3. The second-order valence-electron chi connectivity index (χ2n) is 5.36. The molecule has 1 saturated carbocycles. The van der Waals surface area contributed by atoms with Crippen molar-refractivity contribution >= 4 is 22.9 Å². The van der Waals surface area contributed by atoms with Crippen LogP contribution in [0.15, 0.2) is 12.1 Å². The Kier molecular flexibility index (Phi) is 5.49. The number of hydrazine groups is 1. The molecule has 18 heavy (non-hydrogen) atoms. The monoisotopic (exact) mass is 286 g/mol. The third kappa shape index (κ3) is 3.47. The molecule has 2 rings (SSSR count). The summed E-state index contributed by atoms with van der Waals surface area (Å²) in [5.41, 5.74) is 3.00. The molecule has 1 aliphatic rings. The summed E-state index contributed by atoms with van der Waals surface area (Å²) in [7, 11) is 0. The van der Waals surface area contributed by atoms with Gasteiger partial charge in [0.25, 0.3) is 0 Å². The molecule has 0 aromatic carbocycles. The summed E-state index contributed by atoms with van der Waals surface area (Å²) in [6, 6.07) is 4.36. The van der Waals surface area contributed by atoms with Gasteiger partial charge in [-0.05, 0) is 36.8 Å². The fraction of sp³-hybridized carbons (Fsp3) is 0.714. The summed E-state index contributed by atoms with van der Waals surface area (Å²) >= 11 is 7.66. The van der Waals surface area contributed by atoms with Crippen LogP contribution >= 0.6 is 22.9 Å². The summed E-state index contributed by atoms with van der Waals surface area (Å²) < 4.78 is 0.852. The van der Waals surface area contributed by atoms with Crippen molar-refractivity contribution in [1.29, 1.82) is 0 Å². The second-order valence-corrected chi connectivity index (χ2v) is 7.10. The van der Waals surface area contributed by atoms with E-state index in [2.05, 4.69) is 18.4 Å².